The molecular weight excluding hydrogens is 128 g/mol. The lowest BCUT2D eigenvalue weighted by atomic mass is 10.4. The molecule has 1 aliphatic rings. The van der Waals surface area contributed by atoms with E-state index in [0.29, 0.717) is 0 Å². The Morgan fingerprint density at radius 2 is 2.00 bits per heavy atom. The van der Waals surface area contributed by atoms with Gasteiger partial charge in [0.1, 0.15) is 0 Å². The minimum Gasteiger partial charge on any atom is -0.359 e. The van der Waals surface area contributed by atoms with Crippen LogP contribution < -0.4 is 5.73 Å². The molecule has 0 unspecified atom stereocenters. The number of hydrogen-bond acceptors (Lipinski definition) is 2. The smallest absolute Gasteiger partial charge is 0.295 e. The summed E-state index contributed by atoms with van der Waals surface area (Å²) in [6.07, 6.45) is 2.35. The van der Waals surface area contributed by atoms with Gasteiger partial charge in [0.2, 0.25) is 0 Å². The Kier molecular flexibility index (Phi) is 2.16. The van der Waals surface area contributed by atoms with Gasteiger partial charge in [-0.15, -0.1) is 0 Å². The molecule has 1 fully saturated rings. The van der Waals surface area contributed by atoms with Gasteiger partial charge >= 0.3 is 0 Å². The van der Waals surface area contributed by atoms with E-state index in [4.69, 9.17) is 5.73 Å². The monoisotopic (exact) mass is 138 g/mol. The average molecular weight is 138 g/mol. The summed E-state index contributed by atoms with van der Waals surface area (Å²) in [7, 11) is 0. The molecule has 0 radical (unpaired) electrons. The van der Waals surface area contributed by atoms with Crippen LogP contribution in [0.15, 0.2) is 0 Å². The number of primary amides is 1. The van der Waals surface area contributed by atoms with Gasteiger partial charge in [0.25, 0.3) is 5.91 Å². The van der Waals surface area contributed by atoms with Crippen molar-refractivity contribution in [3.8, 4) is 12.0 Å². The highest BCUT2D eigenvalue weighted by molar-refractivity contribution is 5.91. The number of hydrogen-bond donors (Lipinski definition) is 1. The summed E-state index contributed by atoms with van der Waals surface area (Å²) < 4.78 is 0. The zero-order valence-corrected chi connectivity index (χ0v) is 5.76. The maximum atomic E-state index is 10.2. The minimum absolute atomic E-state index is 0.549. The predicted octanol–water partition coefficient (Wildman–Crippen LogP) is -0.472. The molecule has 0 spiro atoms. The highest BCUT2D eigenvalue weighted by Gasteiger charge is 2.06. The second kappa shape index (κ2) is 3.11. The van der Waals surface area contributed by atoms with Gasteiger partial charge in [-0.25, -0.2) is 0 Å². The van der Waals surface area contributed by atoms with Gasteiger partial charge in [-0.1, -0.05) is 0 Å². The first kappa shape index (κ1) is 6.94. The standard InChI is InChI=1S/C7H10N2O/c8-7(10)3-6-9-4-1-2-5-9/h1-2,4-5H2,(H2,8,10). The van der Waals surface area contributed by atoms with E-state index in [1.807, 2.05) is 4.90 Å². The first-order valence-corrected chi connectivity index (χ1v) is 3.35. The predicted molar refractivity (Wildman–Crippen MR) is 37.8 cm³/mol. The second-order valence-electron chi connectivity index (χ2n) is 2.30. The summed E-state index contributed by atoms with van der Waals surface area (Å²) in [4.78, 5) is 12.1. The number of nitrogens with two attached hydrogens (primary N) is 1. The third kappa shape index (κ3) is 1.98. The van der Waals surface area contributed by atoms with Crippen LogP contribution in [0, 0.1) is 12.0 Å². The molecule has 0 aromatic heterocycles. The third-order valence-electron chi connectivity index (χ3n) is 1.44. The average Bonchev–Trinajstić information content (AvgIpc) is 2.34. The summed E-state index contributed by atoms with van der Waals surface area (Å²) in [5, 5.41) is 0. The van der Waals surface area contributed by atoms with Crippen LogP contribution in [0.25, 0.3) is 0 Å². The van der Waals surface area contributed by atoms with Crippen molar-refractivity contribution in [3.05, 3.63) is 0 Å². The summed E-state index contributed by atoms with van der Waals surface area (Å²) in [6.45, 7) is 1.94. The molecule has 1 aliphatic heterocycles. The largest absolute Gasteiger partial charge is 0.359 e. The highest BCUT2D eigenvalue weighted by Crippen LogP contribution is 2.04. The van der Waals surface area contributed by atoms with Gasteiger partial charge in [0, 0.05) is 25.1 Å². The number of rotatable bonds is 0. The van der Waals surface area contributed by atoms with Crippen LogP contribution in [0.5, 0.6) is 0 Å². The summed E-state index contributed by atoms with van der Waals surface area (Å²) in [6, 6.07) is 2.69. The normalized spacial score (nSPS) is 16.2. The van der Waals surface area contributed by atoms with Crippen molar-refractivity contribution < 1.29 is 4.79 Å². The molecule has 10 heavy (non-hydrogen) atoms. The SMILES string of the molecule is NC(=O)C#CN1CCCC1. The summed E-state index contributed by atoms with van der Waals surface area (Å²) in [5.74, 6) is 1.75. The highest BCUT2D eigenvalue weighted by atomic mass is 16.1. The first-order chi connectivity index (χ1) is 4.79. The van der Waals surface area contributed by atoms with E-state index >= 15 is 0 Å². The van der Waals surface area contributed by atoms with Crippen LogP contribution >= 0.6 is 0 Å². The molecule has 1 rings (SSSR count). The molecule has 1 saturated heterocycles. The van der Waals surface area contributed by atoms with Crippen molar-refractivity contribution >= 4 is 5.91 Å². The molecule has 3 nitrogen and oxygen atoms in total. The molecule has 0 aromatic carbocycles. The first-order valence-electron chi connectivity index (χ1n) is 3.35. The van der Waals surface area contributed by atoms with Crippen molar-refractivity contribution in [1.29, 1.82) is 0 Å². The maximum Gasteiger partial charge on any atom is 0.295 e. The topological polar surface area (TPSA) is 46.3 Å². The lowest BCUT2D eigenvalue weighted by Crippen LogP contribution is -2.14. The Morgan fingerprint density at radius 1 is 1.40 bits per heavy atom. The molecular formula is C7H10N2O. The summed E-state index contributed by atoms with van der Waals surface area (Å²) >= 11 is 0. The number of nitrogens with zero attached hydrogens (tertiary/aromatic N) is 1. The van der Waals surface area contributed by atoms with Gasteiger partial charge in [-0.2, -0.15) is 0 Å². The van der Waals surface area contributed by atoms with Crippen molar-refractivity contribution in [2.45, 2.75) is 12.8 Å². The Labute approximate surface area is 60.2 Å². The summed E-state index contributed by atoms with van der Waals surface area (Å²) in [5.41, 5.74) is 4.83. The van der Waals surface area contributed by atoms with E-state index in [9.17, 15) is 4.79 Å². The molecule has 2 N–H and O–H groups in total. The molecule has 3 heteroatoms. The van der Waals surface area contributed by atoms with Crippen molar-refractivity contribution in [2.24, 2.45) is 5.73 Å². The van der Waals surface area contributed by atoms with Crippen molar-refractivity contribution in [2.75, 3.05) is 13.1 Å². The van der Waals surface area contributed by atoms with Crippen LogP contribution in [-0.2, 0) is 4.79 Å². The fraction of sp³-hybridized carbons (Fsp3) is 0.571. The van der Waals surface area contributed by atoms with Gasteiger partial charge in [-0.05, 0) is 12.8 Å². The Hall–Kier alpha value is -1.17. The lowest BCUT2D eigenvalue weighted by molar-refractivity contribution is -0.112. The van der Waals surface area contributed by atoms with Crippen LogP contribution in [0.4, 0.5) is 0 Å². The fourth-order valence-electron chi connectivity index (χ4n) is 0.963. The van der Waals surface area contributed by atoms with Gasteiger partial charge < -0.3 is 10.6 Å². The van der Waals surface area contributed by atoms with Gasteiger partial charge in [-0.3, -0.25) is 4.79 Å². The van der Waals surface area contributed by atoms with E-state index in [2.05, 4.69) is 12.0 Å². The molecule has 0 aromatic rings. The molecule has 1 heterocycles. The molecule has 1 amide bonds. The molecule has 0 bridgehead atoms. The van der Waals surface area contributed by atoms with Crippen LogP contribution in [0.1, 0.15) is 12.8 Å². The zero-order valence-electron chi connectivity index (χ0n) is 5.76. The van der Waals surface area contributed by atoms with E-state index in [1.165, 1.54) is 12.8 Å². The zero-order chi connectivity index (χ0) is 7.40. The Morgan fingerprint density at radius 3 is 2.50 bits per heavy atom. The Balaban J connectivity index is 2.38. The third-order valence-corrected chi connectivity index (χ3v) is 1.44. The van der Waals surface area contributed by atoms with E-state index in [1.54, 1.807) is 0 Å². The number of carbonyl (C=O) groups is 1. The van der Waals surface area contributed by atoms with Crippen LogP contribution in [0.2, 0.25) is 0 Å². The number of likely N-dealkylation sites (tertiary alicyclic amines) is 1. The van der Waals surface area contributed by atoms with Crippen LogP contribution in [0.3, 0.4) is 0 Å². The molecule has 0 aliphatic carbocycles. The van der Waals surface area contributed by atoms with E-state index in [0.717, 1.165) is 13.1 Å². The number of carbonyl (C=O) groups excluding carboxylic acids is 1. The number of amides is 1. The van der Waals surface area contributed by atoms with Crippen LogP contribution in [-0.4, -0.2) is 23.9 Å². The molecule has 0 saturated carbocycles. The van der Waals surface area contributed by atoms with Gasteiger partial charge in [0.05, 0.1) is 0 Å². The molecule has 0 atom stereocenters. The Bertz CT molecular complexity index is 184. The fourth-order valence-corrected chi connectivity index (χ4v) is 0.963. The minimum atomic E-state index is -0.549. The van der Waals surface area contributed by atoms with Gasteiger partial charge in [0.15, 0.2) is 0 Å². The van der Waals surface area contributed by atoms with Crippen molar-refractivity contribution in [3.63, 3.8) is 0 Å². The van der Waals surface area contributed by atoms with E-state index < -0.39 is 5.91 Å². The van der Waals surface area contributed by atoms with E-state index in [-0.39, 0.29) is 0 Å². The van der Waals surface area contributed by atoms with Crippen molar-refractivity contribution in [1.82, 2.24) is 4.90 Å². The quantitative estimate of drug-likeness (QED) is 0.460. The maximum absolute atomic E-state index is 10.2. The molecule has 54 valence electrons. The second-order valence-corrected chi connectivity index (χ2v) is 2.30. The lowest BCUT2D eigenvalue weighted by Gasteiger charge is -2.04.